The van der Waals surface area contributed by atoms with Crippen LogP contribution in [0, 0.1) is 0 Å². The first kappa shape index (κ1) is 24.0. The number of rotatable bonds is 7. The molecule has 0 unspecified atom stereocenters. The van der Waals surface area contributed by atoms with Crippen molar-refractivity contribution in [1.29, 1.82) is 0 Å². The second-order valence-electron chi connectivity index (χ2n) is 9.52. The van der Waals surface area contributed by atoms with Gasteiger partial charge in [-0.25, -0.2) is 15.0 Å². The third-order valence-electron chi connectivity index (χ3n) is 6.97. The minimum atomic E-state index is -1.72. The highest BCUT2D eigenvalue weighted by Gasteiger charge is 2.48. The Bertz CT molecular complexity index is 1500. The van der Waals surface area contributed by atoms with Crippen LogP contribution in [0.1, 0.15) is 31.1 Å². The molecule has 2 aliphatic rings. The number of pyridine rings is 1. The Morgan fingerprint density at radius 2 is 1.92 bits per heavy atom. The summed E-state index contributed by atoms with van der Waals surface area (Å²) in [5, 5.41) is 32.2. The molecule has 0 radical (unpaired) electrons. The van der Waals surface area contributed by atoms with Gasteiger partial charge in [-0.2, -0.15) is 5.10 Å². The third kappa shape index (κ3) is 4.15. The van der Waals surface area contributed by atoms with Gasteiger partial charge in [-0.05, 0) is 31.0 Å². The number of methoxy groups -OCH3 is 1. The largest absolute Gasteiger partial charge is 0.491 e. The smallest absolute Gasteiger partial charge is 0.262 e. The number of likely N-dealkylation sites (N-methyl/N-ethyl adjacent to an activating group) is 1. The third-order valence-corrected chi connectivity index (χ3v) is 6.97. The number of aliphatic hydroxyl groups excluding tert-OH is 1. The fourth-order valence-electron chi connectivity index (χ4n) is 4.63. The number of aromatic nitrogens is 6. The minimum Gasteiger partial charge on any atom is -0.491 e. The maximum atomic E-state index is 12.4. The SMILES string of the molecule is COc1cn([C@H]2C[C@H](O)C2)nc1Nc1nccc(-c2cccc(-c3cc([C@]4(O)CCN(C)C4=O)on3)n2)n1. The van der Waals surface area contributed by atoms with Crippen LogP contribution in [0.25, 0.3) is 22.8 Å². The molecular weight excluding hydrogens is 492 g/mol. The van der Waals surface area contributed by atoms with Gasteiger partial charge in [0.1, 0.15) is 5.69 Å². The van der Waals surface area contributed by atoms with Gasteiger partial charge in [-0.15, -0.1) is 0 Å². The zero-order chi connectivity index (χ0) is 26.4. The average Bonchev–Trinajstić information content (AvgIpc) is 3.63. The number of carbonyl (C=O) groups is 1. The molecule has 13 nitrogen and oxygen atoms in total. The Morgan fingerprint density at radius 3 is 2.63 bits per heavy atom. The fourth-order valence-corrected chi connectivity index (χ4v) is 4.63. The topological polar surface area (TPSA) is 165 Å². The Hall–Kier alpha value is -4.36. The number of nitrogens with zero attached hydrogens (tertiary/aromatic N) is 7. The lowest BCUT2D eigenvalue weighted by Gasteiger charge is -2.31. The summed E-state index contributed by atoms with van der Waals surface area (Å²) in [4.78, 5) is 27.4. The summed E-state index contributed by atoms with van der Waals surface area (Å²) in [6, 6.07) is 8.76. The second-order valence-corrected chi connectivity index (χ2v) is 9.52. The van der Waals surface area contributed by atoms with Crippen LogP contribution in [0.2, 0.25) is 0 Å². The molecule has 1 amide bonds. The first-order valence-corrected chi connectivity index (χ1v) is 12.2. The molecule has 4 aromatic heterocycles. The Labute approximate surface area is 217 Å². The zero-order valence-electron chi connectivity index (χ0n) is 20.8. The Kier molecular flexibility index (Phi) is 5.80. The van der Waals surface area contributed by atoms with Gasteiger partial charge >= 0.3 is 0 Å². The number of amides is 1. The standard InChI is InChI=1S/C25H26N8O5/c1-32-9-7-25(36,23(32)35)21-12-19(31-38-21)17-5-3-4-16(27-17)18-6-8-26-24(28-18)29-22-20(37-2)13-33(30-22)14-10-15(34)11-14/h3-6,8,12-15,34,36H,7,9-11H2,1-2H3,(H,26,28,29,30)/t14-,15-,25-/m1/s1. The summed E-state index contributed by atoms with van der Waals surface area (Å²) < 4.78 is 12.6. The number of anilines is 2. The van der Waals surface area contributed by atoms with Crippen molar-refractivity contribution in [3.63, 3.8) is 0 Å². The van der Waals surface area contributed by atoms with Crippen molar-refractivity contribution in [2.75, 3.05) is 26.0 Å². The maximum absolute atomic E-state index is 12.4. The normalized spacial score (nSPS) is 22.9. The summed E-state index contributed by atoms with van der Waals surface area (Å²) in [6.07, 6.45) is 4.63. The molecule has 5 heterocycles. The van der Waals surface area contributed by atoms with E-state index in [1.807, 2.05) is 6.07 Å². The molecule has 1 aliphatic heterocycles. The van der Waals surface area contributed by atoms with Crippen molar-refractivity contribution < 1.29 is 24.3 Å². The van der Waals surface area contributed by atoms with E-state index in [9.17, 15) is 15.0 Å². The van der Waals surface area contributed by atoms with Crippen molar-refractivity contribution in [1.82, 2.24) is 34.8 Å². The first-order valence-electron chi connectivity index (χ1n) is 12.2. The van der Waals surface area contributed by atoms with Gasteiger partial charge in [0.15, 0.2) is 17.3 Å². The molecule has 1 aliphatic carbocycles. The summed E-state index contributed by atoms with van der Waals surface area (Å²) in [5.41, 5.74) is 0.281. The van der Waals surface area contributed by atoms with Gasteiger partial charge in [0.2, 0.25) is 11.5 Å². The molecule has 1 atom stereocenters. The van der Waals surface area contributed by atoms with Crippen molar-refractivity contribution >= 4 is 17.7 Å². The molecule has 3 N–H and O–H groups in total. The number of aliphatic hydroxyl groups is 2. The lowest BCUT2D eigenvalue weighted by Crippen LogP contribution is -2.35. The lowest BCUT2D eigenvalue weighted by atomic mass is 9.90. The van der Waals surface area contributed by atoms with E-state index < -0.39 is 11.5 Å². The number of ether oxygens (including phenoxy) is 1. The number of nitrogens with one attached hydrogen (secondary N) is 1. The van der Waals surface area contributed by atoms with E-state index in [-0.39, 0.29) is 24.3 Å². The molecule has 6 rings (SSSR count). The molecule has 196 valence electrons. The monoisotopic (exact) mass is 518 g/mol. The van der Waals surface area contributed by atoms with Gasteiger partial charge in [0.25, 0.3) is 5.91 Å². The minimum absolute atomic E-state index is 0.0902. The van der Waals surface area contributed by atoms with Gasteiger partial charge in [-0.3, -0.25) is 9.48 Å². The number of hydrogen-bond donors (Lipinski definition) is 3. The summed E-state index contributed by atoms with van der Waals surface area (Å²) in [7, 11) is 3.19. The van der Waals surface area contributed by atoms with Crippen molar-refractivity contribution in [2.45, 2.75) is 37.0 Å². The first-order chi connectivity index (χ1) is 18.3. The molecule has 4 aromatic rings. The molecule has 2 fully saturated rings. The van der Waals surface area contributed by atoms with Crippen LogP contribution in [0.3, 0.4) is 0 Å². The lowest BCUT2D eigenvalue weighted by molar-refractivity contribution is -0.144. The molecule has 1 saturated heterocycles. The van der Waals surface area contributed by atoms with E-state index in [1.54, 1.807) is 55.5 Å². The molecular formula is C25H26N8O5. The van der Waals surface area contributed by atoms with Gasteiger partial charge in [0, 0.05) is 32.3 Å². The van der Waals surface area contributed by atoms with Crippen LogP contribution < -0.4 is 10.1 Å². The average molecular weight is 519 g/mol. The predicted octanol–water partition coefficient (Wildman–Crippen LogP) is 1.89. The van der Waals surface area contributed by atoms with E-state index in [0.717, 1.165) is 0 Å². The number of likely N-dealkylation sites (tertiary alicyclic amines) is 1. The van der Waals surface area contributed by atoms with Crippen molar-refractivity contribution in [2.24, 2.45) is 0 Å². The molecule has 0 spiro atoms. The Morgan fingerprint density at radius 1 is 1.16 bits per heavy atom. The van der Waals surface area contributed by atoms with Crippen LogP contribution in [0.5, 0.6) is 5.75 Å². The molecule has 13 heteroatoms. The van der Waals surface area contributed by atoms with Crippen LogP contribution in [-0.2, 0) is 10.4 Å². The summed E-state index contributed by atoms with van der Waals surface area (Å²) >= 11 is 0. The highest BCUT2D eigenvalue weighted by molar-refractivity contribution is 5.87. The van der Waals surface area contributed by atoms with E-state index >= 15 is 0 Å². The summed E-state index contributed by atoms with van der Waals surface area (Å²) in [5.74, 6) is 0.979. The van der Waals surface area contributed by atoms with E-state index in [0.29, 0.717) is 59.7 Å². The maximum Gasteiger partial charge on any atom is 0.262 e. The number of hydrogen-bond acceptors (Lipinski definition) is 11. The molecule has 0 aromatic carbocycles. The van der Waals surface area contributed by atoms with Gasteiger partial charge < -0.3 is 29.7 Å². The van der Waals surface area contributed by atoms with Gasteiger partial charge in [-0.1, -0.05) is 11.2 Å². The van der Waals surface area contributed by atoms with E-state index in [2.05, 4.69) is 30.5 Å². The molecule has 1 saturated carbocycles. The Balaban J connectivity index is 1.24. The zero-order valence-corrected chi connectivity index (χ0v) is 20.8. The molecule has 0 bridgehead atoms. The highest BCUT2D eigenvalue weighted by Crippen LogP contribution is 2.36. The van der Waals surface area contributed by atoms with Crippen LogP contribution in [0.15, 0.2) is 47.2 Å². The van der Waals surface area contributed by atoms with Crippen molar-refractivity contribution in [3.8, 4) is 28.5 Å². The fraction of sp³-hybridized carbons (Fsp3) is 0.360. The van der Waals surface area contributed by atoms with Crippen LogP contribution >= 0.6 is 0 Å². The molecule has 38 heavy (non-hydrogen) atoms. The van der Waals surface area contributed by atoms with Gasteiger partial charge in [0.05, 0.1) is 42.5 Å². The second kappa shape index (κ2) is 9.19. The number of carbonyl (C=O) groups excluding carboxylic acids is 1. The quantitative estimate of drug-likeness (QED) is 0.327. The van der Waals surface area contributed by atoms with Crippen LogP contribution in [0.4, 0.5) is 11.8 Å². The van der Waals surface area contributed by atoms with E-state index in [4.69, 9.17) is 9.26 Å². The predicted molar refractivity (Wildman–Crippen MR) is 133 cm³/mol. The van der Waals surface area contributed by atoms with Crippen molar-refractivity contribution in [3.05, 3.63) is 48.5 Å². The highest BCUT2D eigenvalue weighted by atomic mass is 16.5. The summed E-state index contributed by atoms with van der Waals surface area (Å²) in [6.45, 7) is 0.430. The van der Waals surface area contributed by atoms with Crippen LogP contribution in [-0.4, -0.2) is 77.7 Å². The van der Waals surface area contributed by atoms with E-state index in [1.165, 1.54) is 4.90 Å².